The minimum Gasteiger partial charge on any atom is -0.481 e. The molecular formula is C14H18BrNO2. The van der Waals surface area contributed by atoms with Gasteiger partial charge in [0.2, 0.25) is 0 Å². The number of hydrogen-bond acceptors (Lipinski definition) is 2. The fraction of sp³-hybridized carbons (Fsp3) is 0.500. The number of carboxylic acids is 1. The Morgan fingerprint density at radius 1 is 1.39 bits per heavy atom. The second-order valence-electron chi connectivity index (χ2n) is 4.83. The van der Waals surface area contributed by atoms with Crippen molar-refractivity contribution in [3.8, 4) is 0 Å². The number of aliphatic carboxylic acids is 1. The Kier molecular flexibility index (Phi) is 4.78. The van der Waals surface area contributed by atoms with Crippen molar-refractivity contribution in [3.05, 3.63) is 34.3 Å². The van der Waals surface area contributed by atoms with Crippen LogP contribution in [0.3, 0.4) is 0 Å². The van der Waals surface area contributed by atoms with Crippen LogP contribution < -0.4 is 0 Å². The number of rotatable bonds is 5. The van der Waals surface area contributed by atoms with Crippen molar-refractivity contribution in [1.82, 2.24) is 4.90 Å². The number of likely N-dealkylation sites (tertiary alicyclic amines) is 1. The van der Waals surface area contributed by atoms with Crippen molar-refractivity contribution in [2.24, 2.45) is 0 Å². The first-order chi connectivity index (χ1) is 8.65. The molecule has 1 heterocycles. The summed E-state index contributed by atoms with van der Waals surface area (Å²) in [7, 11) is 0. The van der Waals surface area contributed by atoms with E-state index in [1.54, 1.807) is 0 Å². The molecule has 1 fully saturated rings. The topological polar surface area (TPSA) is 40.5 Å². The summed E-state index contributed by atoms with van der Waals surface area (Å²) in [5, 5.41) is 8.76. The number of nitrogens with zero attached hydrogens (tertiary/aromatic N) is 1. The van der Waals surface area contributed by atoms with Crippen molar-refractivity contribution in [3.63, 3.8) is 0 Å². The molecule has 0 aliphatic carbocycles. The molecule has 18 heavy (non-hydrogen) atoms. The third-order valence-electron chi connectivity index (χ3n) is 3.49. The average Bonchev–Trinajstić information content (AvgIpc) is 2.77. The highest BCUT2D eigenvalue weighted by atomic mass is 79.9. The van der Waals surface area contributed by atoms with Gasteiger partial charge < -0.3 is 5.11 Å². The number of halogens is 1. The lowest BCUT2D eigenvalue weighted by atomic mass is 10.1. The molecule has 1 aliphatic rings. The van der Waals surface area contributed by atoms with E-state index in [1.807, 2.05) is 0 Å². The van der Waals surface area contributed by atoms with E-state index < -0.39 is 5.97 Å². The summed E-state index contributed by atoms with van der Waals surface area (Å²) in [5.74, 6) is -0.689. The van der Waals surface area contributed by atoms with Gasteiger partial charge in [-0.15, -0.1) is 0 Å². The Labute approximate surface area is 116 Å². The highest BCUT2D eigenvalue weighted by Crippen LogP contribution is 2.24. The summed E-state index contributed by atoms with van der Waals surface area (Å²) < 4.78 is 1.09. The SMILES string of the molecule is O=C(O)CCC1CCCN1Cc1ccc(Br)cc1. The Morgan fingerprint density at radius 2 is 2.11 bits per heavy atom. The molecule has 1 aromatic carbocycles. The molecule has 98 valence electrons. The van der Waals surface area contributed by atoms with Gasteiger partial charge in [0.05, 0.1) is 0 Å². The van der Waals surface area contributed by atoms with Crippen LogP contribution in [0.15, 0.2) is 28.7 Å². The Balaban J connectivity index is 1.91. The summed E-state index contributed by atoms with van der Waals surface area (Å²) in [6, 6.07) is 8.78. The van der Waals surface area contributed by atoms with Gasteiger partial charge in [0, 0.05) is 23.5 Å². The molecule has 0 spiro atoms. The van der Waals surface area contributed by atoms with Crippen LogP contribution in [0.25, 0.3) is 0 Å². The zero-order valence-corrected chi connectivity index (χ0v) is 11.9. The molecule has 1 saturated heterocycles. The van der Waals surface area contributed by atoms with Crippen LogP contribution in [0.4, 0.5) is 0 Å². The van der Waals surface area contributed by atoms with Crippen LogP contribution in [-0.4, -0.2) is 28.6 Å². The maximum absolute atomic E-state index is 10.6. The minimum absolute atomic E-state index is 0.279. The highest BCUT2D eigenvalue weighted by molar-refractivity contribution is 9.10. The van der Waals surface area contributed by atoms with E-state index >= 15 is 0 Å². The molecule has 1 unspecified atom stereocenters. The van der Waals surface area contributed by atoms with Crippen LogP contribution in [0.2, 0.25) is 0 Å². The second kappa shape index (κ2) is 6.34. The number of hydrogen-bond donors (Lipinski definition) is 1. The van der Waals surface area contributed by atoms with E-state index in [-0.39, 0.29) is 6.42 Å². The predicted molar refractivity (Wildman–Crippen MR) is 74.4 cm³/mol. The molecule has 0 saturated carbocycles. The van der Waals surface area contributed by atoms with Gasteiger partial charge in [-0.25, -0.2) is 0 Å². The van der Waals surface area contributed by atoms with Gasteiger partial charge in [-0.05, 0) is 43.5 Å². The molecule has 0 amide bonds. The van der Waals surface area contributed by atoms with Crippen LogP contribution in [0.1, 0.15) is 31.2 Å². The standard InChI is InChI=1S/C14H18BrNO2/c15-12-5-3-11(4-6-12)10-16-9-1-2-13(16)7-8-14(17)18/h3-6,13H,1-2,7-10H2,(H,17,18). The zero-order valence-electron chi connectivity index (χ0n) is 10.3. The zero-order chi connectivity index (χ0) is 13.0. The summed E-state index contributed by atoms with van der Waals surface area (Å²) in [6.45, 7) is 2.01. The normalized spacial score (nSPS) is 20.2. The average molecular weight is 312 g/mol. The third kappa shape index (κ3) is 3.82. The summed E-state index contributed by atoms with van der Waals surface area (Å²) in [6.07, 6.45) is 3.36. The van der Waals surface area contributed by atoms with Crippen molar-refractivity contribution in [2.75, 3.05) is 6.54 Å². The monoisotopic (exact) mass is 311 g/mol. The van der Waals surface area contributed by atoms with Crippen molar-refractivity contribution in [1.29, 1.82) is 0 Å². The highest BCUT2D eigenvalue weighted by Gasteiger charge is 2.24. The number of carboxylic acid groups (broad SMARTS) is 1. The van der Waals surface area contributed by atoms with E-state index in [0.717, 1.165) is 30.4 Å². The fourth-order valence-corrected chi connectivity index (χ4v) is 2.81. The largest absolute Gasteiger partial charge is 0.481 e. The fourth-order valence-electron chi connectivity index (χ4n) is 2.54. The second-order valence-corrected chi connectivity index (χ2v) is 5.74. The first-order valence-corrected chi connectivity index (χ1v) is 7.15. The van der Waals surface area contributed by atoms with Gasteiger partial charge in [0.1, 0.15) is 0 Å². The lowest BCUT2D eigenvalue weighted by molar-refractivity contribution is -0.137. The molecule has 1 aliphatic heterocycles. The summed E-state index contributed by atoms with van der Waals surface area (Å²) in [5.41, 5.74) is 1.29. The lowest BCUT2D eigenvalue weighted by Crippen LogP contribution is -2.29. The molecule has 3 nitrogen and oxygen atoms in total. The van der Waals surface area contributed by atoms with E-state index in [4.69, 9.17) is 5.11 Å². The maximum atomic E-state index is 10.6. The Hall–Kier alpha value is -0.870. The predicted octanol–water partition coefficient (Wildman–Crippen LogP) is 3.28. The van der Waals surface area contributed by atoms with Gasteiger partial charge in [-0.1, -0.05) is 28.1 Å². The Bertz CT molecular complexity index is 405. The van der Waals surface area contributed by atoms with Crippen LogP contribution in [0, 0.1) is 0 Å². The molecule has 2 rings (SSSR count). The van der Waals surface area contributed by atoms with E-state index in [0.29, 0.717) is 6.04 Å². The van der Waals surface area contributed by atoms with E-state index in [2.05, 4.69) is 45.1 Å². The van der Waals surface area contributed by atoms with Crippen LogP contribution >= 0.6 is 15.9 Å². The van der Waals surface area contributed by atoms with Gasteiger partial charge in [0.15, 0.2) is 0 Å². The molecule has 1 aromatic rings. The van der Waals surface area contributed by atoms with Crippen molar-refractivity contribution >= 4 is 21.9 Å². The first kappa shape index (κ1) is 13.6. The van der Waals surface area contributed by atoms with Gasteiger partial charge >= 0.3 is 5.97 Å². The molecule has 0 radical (unpaired) electrons. The maximum Gasteiger partial charge on any atom is 0.303 e. The van der Waals surface area contributed by atoms with Crippen LogP contribution in [0.5, 0.6) is 0 Å². The lowest BCUT2D eigenvalue weighted by Gasteiger charge is -2.24. The Morgan fingerprint density at radius 3 is 2.78 bits per heavy atom. The molecule has 1 atom stereocenters. The summed E-state index contributed by atoms with van der Waals surface area (Å²) in [4.78, 5) is 13.0. The molecule has 1 N–H and O–H groups in total. The number of benzene rings is 1. The van der Waals surface area contributed by atoms with Gasteiger partial charge in [-0.2, -0.15) is 0 Å². The first-order valence-electron chi connectivity index (χ1n) is 6.35. The van der Waals surface area contributed by atoms with Gasteiger partial charge in [0.25, 0.3) is 0 Å². The van der Waals surface area contributed by atoms with E-state index in [1.165, 1.54) is 12.0 Å². The summed E-state index contributed by atoms with van der Waals surface area (Å²) >= 11 is 3.43. The van der Waals surface area contributed by atoms with Crippen LogP contribution in [-0.2, 0) is 11.3 Å². The van der Waals surface area contributed by atoms with Gasteiger partial charge in [-0.3, -0.25) is 9.69 Å². The number of carbonyl (C=O) groups is 1. The van der Waals surface area contributed by atoms with Crippen molar-refractivity contribution in [2.45, 2.75) is 38.3 Å². The molecule has 0 aromatic heterocycles. The molecule has 4 heteroatoms. The third-order valence-corrected chi connectivity index (χ3v) is 4.02. The molecule has 0 bridgehead atoms. The minimum atomic E-state index is -0.689. The quantitative estimate of drug-likeness (QED) is 0.907. The molecular weight excluding hydrogens is 294 g/mol. The van der Waals surface area contributed by atoms with E-state index in [9.17, 15) is 4.79 Å². The smallest absolute Gasteiger partial charge is 0.303 e. The van der Waals surface area contributed by atoms with Crippen molar-refractivity contribution < 1.29 is 9.90 Å².